The minimum absolute atomic E-state index is 0. The molecule has 1 aromatic heterocycles. The monoisotopic (exact) mass is 383 g/mol. The molecule has 1 saturated heterocycles. The van der Waals surface area contributed by atoms with E-state index in [9.17, 15) is 8.78 Å². The summed E-state index contributed by atoms with van der Waals surface area (Å²) < 4.78 is 27.6. The highest BCUT2D eigenvalue weighted by molar-refractivity contribution is 8.13. The third kappa shape index (κ3) is 3.04. The second kappa shape index (κ2) is 6.76. The number of aliphatic imine (C=N–C) groups is 1. The summed E-state index contributed by atoms with van der Waals surface area (Å²) in [6.07, 6.45) is 2.26. The first-order valence-electron chi connectivity index (χ1n) is 7.54. The quantitative estimate of drug-likeness (QED) is 0.863. The minimum atomic E-state index is -0.765. The Labute approximate surface area is 154 Å². The molecule has 4 rings (SSSR count). The Hall–Kier alpha value is -1.93. The number of anilines is 1. The van der Waals surface area contributed by atoms with Crippen LogP contribution in [0.4, 0.5) is 14.7 Å². The van der Waals surface area contributed by atoms with Crippen molar-refractivity contribution < 1.29 is 8.78 Å². The summed E-state index contributed by atoms with van der Waals surface area (Å²) in [5.74, 6) is 0.437. The van der Waals surface area contributed by atoms with E-state index in [4.69, 9.17) is 5.73 Å². The molecule has 25 heavy (non-hydrogen) atoms. The van der Waals surface area contributed by atoms with Crippen molar-refractivity contribution in [1.29, 1.82) is 0 Å². The predicted molar refractivity (Wildman–Crippen MR) is 97.1 cm³/mol. The van der Waals surface area contributed by atoms with Crippen molar-refractivity contribution in [2.24, 2.45) is 16.6 Å². The van der Waals surface area contributed by atoms with Crippen LogP contribution in [-0.2, 0) is 5.54 Å². The van der Waals surface area contributed by atoms with Crippen molar-refractivity contribution in [3.63, 3.8) is 0 Å². The van der Waals surface area contributed by atoms with Gasteiger partial charge in [-0.05, 0) is 6.07 Å². The number of rotatable bonds is 2. The van der Waals surface area contributed by atoms with Crippen LogP contribution in [0.15, 0.2) is 41.7 Å². The molecule has 0 bridgehead atoms. The molecule has 0 amide bonds. The van der Waals surface area contributed by atoms with Gasteiger partial charge in [0.2, 0.25) is 5.95 Å². The van der Waals surface area contributed by atoms with Crippen LogP contribution < -0.4 is 10.6 Å². The third-order valence-electron chi connectivity index (χ3n) is 4.52. The van der Waals surface area contributed by atoms with Gasteiger partial charge in [-0.25, -0.2) is 23.7 Å². The molecule has 1 unspecified atom stereocenters. The van der Waals surface area contributed by atoms with Gasteiger partial charge in [0.15, 0.2) is 11.0 Å². The van der Waals surface area contributed by atoms with Gasteiger partial charge in [0, 0.05) is 23.8 Å². The summed E-state index contributed by atoms with van der Waals surface area (Å²) >= 11 is 1.47. The molecule has 5 nitrogen and oxygen atoms in total. The maximum atomic E-state index is 14.5. The fourth-order valence-electron chi connectivity index (χ4n) is 3.43. The first-order chi connectivity index (χ1) is 11.6. The second-order valence-electron chi connectivity index (χ2n) is 5.94. The van der Waals surface area contributed by atoms with Crippen molar-refractivity contribution in [1.82, 2.24) is 9.97 Å². The average molecular weight is 384 g/mol. The van der Waals surface area contributed by atoms with Crippen LogP contribution in [0.5, 0.6) is 0 Å². The molecule has 0 spiro atoms. The maximum Gasteiger partial charge on any atom is 0.225 e. The van der Waals surface area contributed by atoms with E-state index in [1.807, 2.05) is 4.90 Å². The second-order valence-corrected chi connectivity index (χ2v) is 6.98. The third-order valence-corrected chi connectivity index (χ3v) is 5.48. The number of nitrogens with zero attached hydrogens (tertiary/aromatic N) is 4. The van der Waals surface area contributed by atoms with Crippen LogP contribution in [0.1, 0.15) is 5.56 Å². The molecule has 1 fully saturated rings. The van der Waals surface area contributed by atoms with Crippen LogP contribution in [0.25, 0.3) is 0 Å². The van der Waals surface area contributed by atoms with Crippen molar-refractivity contribution in [3.05, 3.63) is 53.9 Å². The molecule has 0 aliphatic carbocycles. The first kappa shape index (κ1) is 17.9. The molecule has 9 heteroatoms. The molecular formula is C16H16ClF2N5S. The van der Waals surface area contributed by atoms with E-state index >= 15 is 0 Å². The average Bonchev–Trinajstić information content (AvgIpc) is 2.95. The summed E-state index contributed by atoms with van der Waals surface area (Å²) in [7, 11) is 0. The lowest BCUT2D eigenvalue weighted by atomic mass is 9.81. The molecule has 1 aromatic carbocycles. The van der Waals surface area contributed by atoms with Gasteiger partial charge in [0.25, 0.3) is 0 Å². The van der Waals surface area contributed by atoms with Crippen LogP contribution in [-0.4, -0.2) is 34.0 Å². The van der Waals surface area contributed by atoms with Gasteiger partial charge in [-0.3, -0.25) is 0 Å². The number of nitrogens with two attached hydrogens (primary N) is 1. The highest BCUT2D eigenvalue weighted by Crippen LogP contribution is 2.46. The standard InChI is InChI=1S/C16H15F2N5S.ClH/c17-11-5-20-15(21-6-11)23-7-10-8-24-14(19)22-16(10,9-23)12-3-1-2-4-13(12)18;/h1-6,10H,7-9H2,(H2,19,22);1H/t10-,16?;/m0./s1. The normalized spacial score (nSPS) is 25.1. The van der Waals surface area contributed by atoms with E-state index in [1.54, 1.807) is 18.2 Å². The van der Waals surface area contributed by atoms with E-state index in [2.05, 4.69) is 15.0 Å². The molecule has 3 heterocycles. The van der Waals surface area contributed by atoms with E-state index in [0.29, 0.717) is 29.8 Å². The Kier molecular flexibility index (Phi) is 4.83. The van der Waals surface area contributed by atoms with Gasteiger partial charge in [-0.2, -0.15) is 0 Å². The number of amidine groups is 1. The zero-order valence-corrected chi connectivity index (χ0v) is 14.7. The van der Waals surface area contributed by atoms with Gasteiger partial charge >= 0.3 is 0 Å². The molecule has 2 aliphatic heterocycles. The number of hydrogen-bond donors (Lipinski definition) is 1. The summed E-state index contributed by atoms with van der Waals surface area (Å²) in [6, 6.07) is 6.65. The number of thioether (sulfide) groups is 1. The van der Waals surface area contributed by atoms with Gasteiger partial charge in [-0.1, -0.05) is 30.0 Å². The number of fused-ring (bicyclic) bond motifs is 1. The van der Waals surface area contributed by atoms with Crippen LogP contribution >= 0.6 is 24.2 Å². The molecule has 2 aliphatic rings. The van der Waals surface area contributed by atoms with E-state index < -0.39 is 11.4 Å². The summed E-state index contributed by atoms with van der Waals surface area (Å²) in [6.45, 7) is 1.02. The fraction of sp³-hybridized carbons (Fsp3) is 0.312. The minimum Gasteiger partial charge on any atom is -0.379 e. The van der Waals surface area contributed by atoms with Crippen molar-refractivity contribution in [3.8, 4) is 0 Å². The summed E-state index contributed by atoms with van der Waals surface area (Å²) in [5, 5.41) is 0.455. The number of hydrogen-bond acceptors (Lipinski definition) is 6. The molecule has 0 saturated carbocycles. The largest absolute Gasteiger partial charge is 0.379 e. The van der Waals surface area contributed by atoms with Gasteiger partial charge in [0.1, 0.15) is 11.4 Å². The lowest BCUT2D eigenvalue weighted by Crippen LogP contribution is -2.40. The lowest BCUT2D eigenvalue weighted by molar-refractivity contribution is 0.371. The zero-order valence-electron chi connectivity index (χ0n) is 13.1. The Balaban J connectivity index is 0.00000182. The fourth-order valence-corrected chi connectivity index (χ4v) is 4.41. The van der Waals surface area contributed by atoms with E-state index in [-0.39, 0.29) is 24.1 Å². The molecular weight excluding hydrogens is 368 g/mol. The smallest absolute Gasteiger partial charge is 0.225 e. The van der Waals surface area contributed by atoms with Gasteiger partial charge in [0.05, 0.1) is 18.9 Å². The summed E-state index contributed by atoms with van der Waals surface area (Å²) in [5.41, 5.74) is 5.72. The molecule has 2 N–H and O–H groups in total. The SMILES string of the molecule is Cl.NC1=NC2(c3ccccc3F)CN(c3ncc(F)cn3)C[C@H]2CS1. The molecule has 132 valence electrons. The zero-order chi connectivity index (χ0) is 16.7. The molecule has 0 radical (unpaired) electrons. The summed E-state index contributed by atoms with van der Waals surface area (Å²) in [4.78, 5) is 14.6. The number of benzene rings is 1. The van der Waals surface area contributed by atoms with E-state index in [0.717, 1.165) is 18.1 Å². The maximum absolute atomic E-state index is 14.5. The first-order valence-corrected chi connectivity index (χ1v) is 8.53. The Morgan fingerprint density at radius 2 is 1.92 bits per heavy atom. The van der Waals surface area contributed by atoms with Crippen molar-refractivity contribution in [2.75, 3.05) is 23.7 Å². The van der Waals surface area contributed by atoms with E-state index in [1.165, 1.54) is 17.8 Å². The topological polar surface area (TPSA) is 67.4 Å². The number of aromatic nitrogens is 2. The van der Waals surface area contributed by atoms with Crippen LogP contribution in [0.3, 0.4) is 0 Å². The number of halogens is 3. The highest BCUT2D eigenvalue weighted by atomic mass is 35.5. The van der Waals surface area contributed by atoms with Gasteiger partial charge < -0.3 is 10.6 Å². The van der Waals surface area contributed by atoms with Crippen LogP contribution in [0, 0.1) is 17.6 Å². The van der Waals surface area contributed by atoms with Gasteiger partial charge in [-0.15, -0.1) is 12.4 Å². The lowest BCUT2D eigenvalue weighted by Gasteiger charge is -2.34. The highest BCUT2D eigenvalue weighted by Gasteiger charge is 2.51. The predicted octanol–water partition coefficient (Wildman–Crippen LogP) is 2.57. The Morgan fingerprint density at radius 1 is 1.20 bits per heavy atom. The Morgan fingerprint density at radius 3 is 2.64 bits per heavy atom. The van der Waals surface area contributed by atoms with Crippen molar-refractivity contribution >= 4 is 35.3 Å². The van der Waals surface area contributed by atoms with Crippen molar-refractivity contribution in [2.45, 2.75) is 5.54 Å². The van der Waals surface area contributed by atoms with Crippen LogP contribution in [0.2, 0.25) is 0 Å². The molecule has 2 aromatic rings. The Bertz CT molecular complexity index is 803. The molecule has 2 atom stereocenters.